The fraction of sp³-hybridized carbons (Fsp3) is 0.429. The van der Waals surface area contributed by atoms with E-state index in [0.29, 0.717) is 0 Å². The van der Waals surface area contributed by atoms with E-state index in [-0.39, 0.29) is 10.8 Å². The quantitative estimate of drug-likeness (QED) is 0.541. The van der Waals surface area contributed by atoms with Crippen molar-refractivity contribution in [1.29, 1.82) is 0 Å². The van der Waals surface area contributed by atoms with Crippen LogP contribution in [0.15, 0.2) is 36.4 Å². The Balaban J connectivity index is 2.24. The first-order valence-electron chi connectivity index (χ1n) is 8.20. The average Bonchev–Trinajstić information content (AvgIpc) is 2.41. The van der Waals surface area contributed by atoms with Crippen LogP contribution in [0, 0.1) is 0 Å². The van der Waals surface area contributed by atoms with E-state index in [4.69, 9.17) is 0 Å². The van der Waals surface area contributed by atoms with Gasteiger partial charge >= 0.3 is 0 Å². The summed E-state index contributed by atoms with van der Waals surface area (Å²) in [5, 5.41) is 3.73. The Morgan fingerprint density at radius 2 is 1.45 bits per heavy atom. The molecule has 0 aromatic heterocycles. The van der Waals surface area contributed by atoms with Gasteiger partial charge in [0.15, 0.2) is 0 Å². The monoisotopic (exact) mass is 293 g/mol. The maximum atomic E-state index is 3.73. The average molecular weight is 293 g/mol. The highest BCUT2D eigenvalue weighted by molar-refractivity contribution is 5.76. The van der Waals surface area contributed by atoms with Crippen LogP contribution in [0.2, 0.25) is 0 Å². The van der Waals surface area contributed by atoms with E-state index >= 15 is 0 Å². The van der Waals surface area contributed by atoms with Crippen LogP contribution in [0.3, 0.4) is 0 Å². The zero-order valence-corrected chi connectivity index (χ0v) is 14.7. The van der Waals surface area contributed by atoms with Gasteiger partial charge in [-0.25, -0.2) is 0 Å². The summed E-state index contributed by atoms with van der Waals surface area (Å²) < 4.78 is 0. The van der Waals surface area contributed by atoms with E-state index in [2.05, 4.69) is 83.3 Å². The lowest BCUT2D eigenvalue weighted by atomic mass is 9.72. The number of benzene rings is 2. The molecule has 2 aromatic rings. The van der Waals surface area contributed by atoms with Crippen molar-refractivity contribution in [3.05, 3.63) is 58.7 Å². The number of fused-ring (bicyclic) bond motifs is 2. The second kappa shape index (κ2) is 4.87. The molecule has 2 aromatic carbocycles. The van der Waals surface area contributed by atoms with Gasteiger partial charge in [0.25, 0.3) is 0 Å². The zero-order valence-electron chi connectivity index (χ0n) is 14.7. The summed E-state index contributed by atoms with van der Waals surface area (Å²) in [6, 6.07) is 13.3. The molecule has 0 radical (unpaired) electrons. The summed E-state index contributed by atoms with van der Waals surface area (Å²) in [5.41, 5.74) is 8.57. The lowest BCUT2D eigenvalue weighted by molar-refractivity contribution is 0.531. The zero-order chi connectivity index (χ0) is 16.1. The van der Waals surface area contributed by atoms with Gasteiger partial charge in [-0.2, -0.15) is 0 Å². The van der Waals surface area contributed by atoms with E-state index < -0.39 is 0 Å². The minimum atomic E-state index is 0.118. The third kappa shape index (κ3) is 2.54. The normalized spacial score (nSPS) is 14.1. The van der Waals surface area contributed by atoms with Crippen LogP contribution in [0.1, 0.15) is 63.8 Å². The minimum absolute atomic E-state index is 0.118. The molecule has 22 heavy (non-hydrogen) atoms. The van der Waals surface area contributed by atoms with Crippen molar-refractivity contribution in [2.75, 3.05) is 5.32 Å². The maximum absolute atomic E-state index is 3.73. The first-order valence-corrected chi connectivity index (χ1v) is 8.20. The van der Waals surface area contributed by atoms with E-state index in [1.54, 1.807) is 0 Å². The van der Waals surface area contributed by atoms with Gasteiger partial charge in [0.1, 0.15) is 0 Å². The van der Waals surface area contributed by atoms with Gasteiger partial charge in [-0.05, 0) is 39.2 Å². The summed E-state index contributed by atoms with van der Waals surface area (Å²) in [6.07, 6.45) is 1.02. The van der Waals surface area contributed by atoms with Gasteiger partial charge in [0.2, 0.25) is 0 Å². The molecule has 0 bridgehead atoms. The van der Waals surface area contributed by atoms with Gasteiger partial charge < -0.3 is 5.32 Å². The fourth-order valence-electron chi connectivity index (χ4n) is 3.48. The summed E-state index contributed by atoms with van der Waals surface area (Å²) in [7, 11) is 0. The molecule has 0 spiro atoms. The van der Waals surface area contributed by atoms with E-state index in [9.17, 15) is 0 Å². The van der Waals surface area contributed by atoms with Crippen molar-refractivity contribution in [3.63, 3.8) is 0 Å². The number of rotatable bonds is 0. The molecule has 1 N–H and O–H groups in total. The predicted molar refractivity (Wildman–Crippen MR) is 96.4 cm³/mol. The number of hydrogen-bond acceptors (Lipinski definition) is 1. The van der Waals surface area contributed by atoms with E-state index in [1.165, 1.54) is 33.6 Å². The Kier molecular flexibility index (Phi) is 3.36. The Morgan fingerprint density at radius 3 is 2.09 bits per heavy atom. The standard InChI is InChI=1S/C21H27N/c1-20(2,3)16-12-11-15-13-14-9-7-8-10-17(14)22-19(15)18(16)21(4,5)6/h7-12,22H,13H2,1-6H3. The molecule has 1 heterocycles. The Labute approximate surface area is 134 Å². The van der Waals surface area contributed by atoms with Crippen LogP contribution in [0.5, 0.6) is 0 Å². The van der Waals surface area contributed by atoms with Crippen molar-refractivity contribution in [2.45, 2.75) is 58.8 Å². The van der Waals surface area contributed by atoms with Crippen LogP contribution in [0.25, 0.3) is 0 Å². The molecule has 0 unspecified atom stereocenters. The number of anilines is 2. The Morgan fingerprint density at radius 1 is 0.773 bits per heavy atom. The van der Waals surface area contributed by atoms with Gasteiger partial charge in [0, 0.05) is 17.8 Å². The van der Waals surface area contributed by atoms with Crippen LogP contribution < -0.4 is 5.32 Å². The molecule has 0 saturated heterocycles. The van der Waals surface area contributed by atoms with Gasteiger partial charge in [0.05, 0.1) is 0 Å². The van der Waals surface area contributed by atoms with E-state index in [1.807, 2.05) is 0 Å². The summed E-state index contributed by atoms with van der Waals surface area (Å²) >= 11 is 0. The minimum Gasteiger partial charge on any atom is -0.355 e. The maximum Gasteiger partial charge on any atom is 0.0461 e. The summed E-state index contributed by atoms with van der Waals surface area (Å²) in [4.78, 5) is 0. The molecule has 0 fully saturated rings. The van der Waals surface area contributed by atoms with Gasteiger partial charge in [-0.3, -0.25) is 0 Å². The fourth-order valence-corrected chi connectivity index (χ4v) is 3.48. The van der Waals surface area contributed by atoms with Crippen molar-refractivity contribution in [1.82, 2.24) is 0 Å². The summed E-state index contributed by atoms with van der Waals surface area (Å²) in [6.45, 7) is 13.9. The smallest absolute Gasteiger partial charge is 0.0461 e. The highest BCUT2D eigenvalue weighted by atomic mass is 14.9. The van der Waals surface area contributed by atoms with Gasteiger partial charge in [-0.1, -0.05) is 71.9 Å². The second-order valence-electron chi connectivity index (χ2n) is 8.48. The molecule has 1 nitrogen and oxygen atoms in total. The highest BCUT2D eigenvalue weighted by Gasteiger charge is 2.30. The third-order valence-electron chi connectivity index (χ3n) is 4.51. The molecule has 3 rings (SSSR count). The highest BCUT2D eigenvalue weighted by Crippen LogP contribution is 2.44. The lowest BCUT2D eigenvalue weighted by Gasteiger charge is -2.35. The van der Waals surface area contributed by atoms with Crippen molar-refractivity contribution >= 4 is 11.4 Å². The summed E-state index contributed by atoms with van der Waals surface area (Å²) in [5.74, 6) is 0. The molecular weight excluding hydrogens is 266 g/mol. The molecule has 0 atom stereocenters. The first-order chi connectivity index (χ1) is 10.2. The largest absolute Gasteiger partial charge is 0.355 e. The molecule has 1 heteroatoms. The van der Waals surface area contributed by atoms with Crippen molar-refractivity contribution in [3.8, 4) is 0 Å². The topological polar surface area (TPSA) is 12.0 Å². The molecular formula is C21H27N. The number of para-hydroxylation sites is 1. The molecule has 0 saturated carbocycles. The number of hydrogen-bond donors (Lipinski definition) is 1. The van der Waals surface area contributed by atoms with Crippen LogP contribution >= 0.6 is 0 Å². The molecule has 116 valence electrons. The van der Waals surface area contributed by atoms with Crippen LogP contribution in [-0.4, -0.2) is 0 Å². The SMILES string of the molecule is CC(C)(C)c1ccc2c(c1C(C)(C)C)Nc1ccccc1C2. The Bertz CT molecular complexity index is 712. The molecule has 1 aliphatic heterocycles. The van der Waals surface area contributed by atoms with E-state index in [0.717, 1.165) is 6.42 Å². The van der Waals surface area contributed by atoms with Crippen LogP contribution in [0.4, 0.5) is 11.4 Å². The van der Waals surface area contributed by atoms with Crippen molar-refractivity contribution < 1.29 is 0 Å². The van der Waals surface area contributed by atoms with Gasteiger partial charge in [-0.15, -0.1) is 0 Å². The third-order valence-corrected chi connectivity index (χ3v) is 4.51. The van der Waals surface area contributed by atoms with Crippen molar-refractivity contribution in [2.24, 2.45) is 0 Å². The number of nitrogens with one attached hydrogen (secondary N) is 1. The molecule has 1 aliphatic rings. The second-order valence-corrected chi connectivity index (χ2v) is 8.48. The lowest BCUT2D eigenvalue weighted by Crippen LogP contribution is -2.25. The Hall–Kier alpha value is -1.76. The molecule has 0 amide bonds. The van der Waals surface area contributed by atoms with Crippen LogP contribution in [-0.2, 0) is 17.3 Å². The molecule has 0 aliphatic carbocycles. The predicted octanol–water partition coefficient (Wildman–Crippen LogP) is 5.93. The first kappa shape index (κ1) is 15.1.